The van der Waals surface area contributed by atoms with Crippen molar-refractivity contribution in [3.8, 4) is 5.75 Å². The van der Waals surface area contributed by atoms with Crippen LogP contribution < -0.4 is 15.4 Å². The SMILES string of the molecule is COc1ccccc1NC(=O)Nc1ccc(CO)cc1. The third-order valence-electron chi connectivity index (χ3n) is 2.75. The van der Waals surface area contributed by atoms with Crippen LogP contribution in [0.2, 0.25) is 0 Å². The minimum Gasteiger partial charge on any atom is -0.495 e. The number of anilines is 2. The van der Waals surface area contributed by atoms with Gasteiger partial charge in [-0.25, -0.2) is 4.79 Å². The molecule has 2 rings (SSSR count). The van der Waals surface area contributed by atoms with Crippen LogP contribution in [0.15, 0.2) is 48.5 Å². The number of nitrogens with one attached hydrogen (secondary N) is 2. The third-order valence-corrected chi connectivity index (χ3v) is 2.75. The Balaban J connectivity index is 2.01. The van der Waals surface area contributed by atoms with E-state index in [9.17, 15) is 4.79 Å². The Morgan fingerprint density at radius 2 is 1.80 bits per heavy atom. The van der Waals surface area contributed by atoms with Crippen LogP contribution in [0.25, 0.3) is 0 Å². The van der Waals surface area contributed by atoms with Gasteiger partial charge in [0.05, 0.1) is 19.4 Å². The van der Waals surface area contributed by atoms with Gasteiger partial charge in [0.2, 0.25) is 0 Å². The molecule has 0 bridgehead atoms. The first-order chi connectivity index (χ1) is 9.72. The number of methoxy groups -OCH3 is 1. The summed E-state index contributed by atoms with van der Waals surface area (Å²) in [6.45, 7) is -0.0201. The molecular weight excluding hydrogens is 256 g/mol. The van der Waals surface area contributed by atoms with Crippen molar-refractivity contribution in [1.29, 1.82) is 0 Å². The second kappa shape index (κ2) is 6.58. The number of urea groups is 1. The number of aliphatic hydroxyl groups is 1. The van der Waals surface area contributed by atoms with E-state index in [2.05, 4.69) is 10.6 Å². The highest BCUT2D eigenvalue weighted by Crippen LogP contribution is 2.23. The van der Waals surface area contributed by atoms with E-state index >= 15 is 0 Å². The fourth-order valence-electron chi connectivity index (χ4n) is 1.73. The lowest BCUT2D eigenvalue weighted by molar-refractivity contribution is 0.262. The number of hydrogen-bond acceptors (Lipinski definition) is 3. The smallest absolute Gasteiger partial charge is 0.323 e. The second-order valence-electron chi connectivity index (χ2n) is 4.13. The van der Waals surface area contributed by atoms with E-state index in [4.69, 9.17) is 9.84 Å². The van der Waals surface area contributed by atoms with E-state index in [0.717, 1.165) is 5.56 Å². The largest absolute Gasteiger partial charge is 0.495 e. The predicted octanol–water partition coefficient (Wildman–Crippen LogP) is 2.83. The lowest BCUT2D eigenvalue weighted by Crippen LogP contribution is -2.19. The van der Waals surface area contributed by atoms with Crippen molar-refractivity contribution < 1.29 is 14.6 Å². The van der Waals surface area contributed by atoms with E-state index < -0.39 is 0 Å². The van der Waals surface area contributed by atoms with Gasteiger partial charge < -0.3 is 20.5 Å². The number of ether oxygens (including phenoxy) is 1. The van der Waals surface area contributed by atoms with Crippen molar-refractivity contribution in [2.45, 2.75) is 6.61 Å². The summed E-state index contributed by atoms with van der Waals surface area (Å²) in [4.78, 5) is 11.9. The first-order valence-electron chi connectivity index (χ1n) is 6.13. The third kappa shape index (κ3) is 3.49. The number of carbonyl (C=O) groups excluding carboxylic acids is 1. The molecule has 0 aliphatic rings. The maximum atomic E-state index is 11.9. The minimum atomic E-state index is -0.355. The molecule has 3 N–H and O–H groups in total. The molecule has 104 valence electrons. The van der Waals surface area contributed by atoms with E-state index in [0.29, 0.717) is 17.1 Å². The van der Waals surface area contributed by atoms with E-state index in [-0.39, 0.29) is 12.6 Å². The monoisotopic (exact) mass is 272 g/mol. The predicted molar refractivity (Wildman–Crippen MR) is 78.0 cm³/mol. The summed E-state index contributed by atoms with van der Waals surface area (Å²) < 4.78 is 5.16. The van der Waals surface area contributed by atoms with Crippen LogP contribution in [0.3, 0.4) is 0 Å². The van der Waals surface area contributed by atoms with Gasteiger partial charge >= 0.3 is 6.03 Å². The Kier molecular flexibility index (Phi) is 4.57. The quantitative estimate of drug-likeness (QED) is 0.801. The number of aliphatic hydroxyl groups excluding tert-OH is 1. The zero-order valence-electron chi connectivity index (χ0n) is 11.1. The van der Waals surface area contributed by atoms with Gasteiger partial charge in [0.15, 0.2) is 0 Å². The van der Waals surface area contributed by atoms with Crippen LogP contribution in [0.5, 0.6) is 5.75 Å². The number of para-hydroxylation sites is 2. The molecule has 0 saturated carbocycles. The van der Waals surface area contributed by atoms with E-state index in [1.165, 1.54) is 0 Å². The topological polar surface area (TPSA) is 70.6 Å². The van der Waals surface area contributed by atoms with E-state index in [1.807, 2.05) is 12.1 Å². The Labute approximate surface area is 117 Å². The average molecular weight is 272 g/mol. The first kappa shape index (κ1) is 13.9. The van der Waals surface area contributed by atoms with Gasteiger partial charge in [-0.15, -0.1) is 0 Å². The van der Waals surface area contributed by atoms with Gasteiger partial charge in [-0.3, -0.25) is 0 Å². The normalized spacial score (nSPS) is 9.90. The second-order valence-corrected chi connectivity index (χ2v) is 4.13. The van der Waals surface area contributed by atoms with Gasteiger partial charge in [0, 0.05) is 5.69 Å². The van der Waals surface area contributed by atoms with Crippen molar-refractivity contribution >= 4 is 17.4 Å². The van der Waals surface area contributed by atoms with E-state index in [1.54, 1.807) is 43.5 Å². The van der Waals surface area contributed by atoms with Gasteiger partial charge in [0.25, 0.3) is 0 Å². The molecule has 0 spiro atoms. The Hall–Kier alpha value is -2.53. The fraction of sp³-hybridized carbons (Fsp3) is 0.133. The molecule has 0 unspecified atom stereocenters. The summed E-state index contributed by atoms with van der Waals surface area (Å²) in [5.41, 5.74) is 2.04. The summed E-state index contributed by atoms with van der Waals surface area (Å²) in [5, 5.41) is 14.4. The molecule has 5 heteroatoms. The van der Waals surface area contributed by atoms with Gasteiger partial charge in [-0.1, -0.05) is 24.3 Å². The van der Waals surface area contributed by atoms with Crippen molar-refractivity contribution in [2.24, 2.45) is 0 Å². The molecule has 0 atom stereocenters. The average Bonchev–Trinajstić information content (AvgIpc) is 2.48. The summed E-state index contributed by atoms with van der Waals surface area (Å²) in [6, 6.07) is 13.8. The van der Waals surface area contributed by atoms with Crippen LogP contribution in [0, 0.1) is 0 Å². The maximum absolute atomic E-state index is 11.9. The van der Waals surface area contributed by atoms with Crippen LogP contribution in [-0.2, 0) is 6.61 Å². The molecule has 5 nitrogen and oxygen atoms in total. The van der Waals surface area contributed by atoms with Crippen molar-refractivity contribution in [3.63, 3.8) is 0 Å². The number of rotatable bonds is 4. The molecule has 0 saturated heterocycles. The highest BCUT2D eigenvalue weighted by molar-refractivity contribution is 6.00. The highest BCUT2D eigenvalue weighted by atomic mass is 16.5. The lowest BCUT2D eigenvalue weighted by Gasteiger charge is -2.11. The summed E-state index contributed by atoms with van der Waals surface area (Å²) >= 11 is 0. The molecule has 2 amide bonds. The molecule has 0 fully saturated rings. The first-order valence-corrected chi connectivity index (χ1v) is 6.13. The molecule has 0 radical (unpaired) electrons. The Morgan fingerprint density at radius 3 is 2.45 bits per heavy atom. The molecule has 0 aliphatic heterocycles. The zero-order chi connectivity index (χ0) is 14.4. The summed E-state index contributed by atoms with van der Waals surface area (Å²) in [5.74, 6) is 0.596. The van der Waals surface area contributed by atoms with Crippen molar-refractivity contribution in [1.82, 2.24) is 0 Å². The standard InChI is InChI=1S/C15H16N2O3/c1-20-14-5-3-2-4-13(14)17-15(19)16-12-8-6-11(10-18)7-9-12/h2-9,18H,10H2,1H3,(H2,16,17,19). The van der Waals surface area contributed by atoms with Crippen LogP contribution in [0.1, 0.15) is 5.56 Å². The van der Waals surface area contributed by atoms with Crippen LogP contribution >= 0.6 is 0 Å². The van der Waals surface area contributed by atoms with Gasteiger partial charge in [-0.05, 0) is 29.8 Å². The molecule has 0 aromatic heterocycles. The molecule has 0 heterocycles. The minimum absolute atomic E-state index is 0.0201. The number of hydrogen-bond donors (Lipinski definition) is 3. The molecule has 2 aromatic rings. The Morgan fingerprint density at radius 1 is 1.10 bits per heavy atom. The van der Waals surface area contributed by atoms with Crippen molar-refractivity contribution in [2.75, 3.05) is 17.7 Å². The molecular formula is C15H16N2O3. The molecule has 0 aliphatic carbocycles. The number of benzene rings is 2. The fourth-order valence-corrected chi connectivity index (χ4v) is 1.73. The summed E-state index contributed by atoms with van der Waals surface area (Å²) in [7, 11) is 1.55. The Bertz CT molecular complexity index is 582. The van der Waals surface area contributed by atoms with Crippen molar-refractivity contribution in [3.05, 3.63) is 54.1 Å². The number of carbonyl (C=O) groups is 1. The maximum Gasteiger partial charge on any atom is 0.323 e. The molecule has 2 aromatic carbocycles. The van der Waals surface area contributed by atoms with Gasteiger partial charge in [-0.2, -0.15) is 0 Å². The van der Waals surface area contributed by atoms with Crippen LogP contribution in [0.4, 0.5) is 16.2 Å². The summed E-state index contributed by atoms with van der Waals surface area (Å²) in [6.07, 6.45) is 0. The lowest BCUT2D eigenvalue weighted by atomic mass is 10.2. The highest BCUT2D eigenvalue weighted by Gasteiger charge is 2.06. The number of amides is 2. The zero-order valence-corrected chi connectivity index (χ0v) is 11.1. The van der Waals surface area contributed by atoms with Crippen LogP contribution in [-0.4, -0.2) is 18.2 Å². The molecule has 20 heavy (non-hydrogen) atoms. The van der Waals surface area contributed by atoms with Gasteiger partial charge in [0.1, 0.15) is 5.75 Å².